The predicted octanol–water partition coefficient (Wildman–Crippen LogP) is 2.86. The van der Waals surface area contributed by atoms with Gasteiger partial charge in [0.15, 0.2) is 0 Å². The van der Waals surface area contributed by atoms with Crippen LogP contribution in [0.1, 0.15) is 16.8 Å². The van der Waals surface area contributed by atoms with Gasteiger partial charge in [0.05, 0.1) is 6.61 Å². The summed E-state index contributed by atoms with van der Waals surface area (Å²) in [4.78, 5) is 4.19. The summed E-state index contributed by atoms with van der Waals surface area (Å²) in [5, 5.41) is 9.38. The van der Waals surface area contributed by atoms with Crippen LogP contribution in [0, 0.1) is 13.8 Å². The molecule has 2 aromatic rings. The second kappa shape index (κ2) is 4.45. The fraction of sp³-hybridized carbons (Fsp3) is 0.214. The maximum absolute atomic E-state index is 9.38. The van der Waals surface area contributed by atoms with Crippen molar-refractivity contribution in [1.29, 1.82) is 0 Å². The zero-order chi connectivity index (χ0) is 11.5. The number of hydrogen-bond acceptors (Lipinski definition) is 2. The smallest absolute Gasteiger partial charge is 0.0705 e. The molecule has 0 saturated heterocycles. The van der Waals surface area contributed by atoms with Gasteiger partial charge in [0.1, 0.15) is 0 Å². The normalized spacial score (nSPS) is 10.4. The molecule has 0 spiro atoms. The van der Waals surface area contributed by atoms with Crippen LogP contribution in [0.15, 0.2) is 36.5 Å². The average molecular weight is 213 g/mol. The maximum Gasteiger partial charge on any atom is 0.0705 e. The number of hydrogen-bond donors (Lipinski definition) is 1. The van der Waals surface area contributed by atoms with Crippen molar-refractivity contribution >= 4 is 0 Å². The molecule has 0 aliphatic carbocycles. The summed E-state index contributed by atoms with van der Waals surface area (Å²) in [5.74, 6) is 0. The van der Waals surface area contributed by atoms with Crippen molar-refractivity contribution in [3.8, 4) is 11.1 Å². The Kier molecular flexibility index (Phi) is 3.02. The van der Waals surface area contributed by atoms with Crippen LogP contribution < -0.4 is 0 Å². The van der Waals surface area contributed by atoms with Gasteiger partial charge in [-0.15, -0.1) is 0 Å². The fourth-order valence-corrected chi connectivity index (χ4v) is 1.80. The van der Waals surface area contributed by atoms with Gasteiger partial charge in [-0.05, 0) is 31.0 Å². The highest BCUT2D eigenvalue weighted by Gasteiger charge is 2.07. The van der Waals surface area contributed by atoms with Crippen molar-refractivity contribution < 1.29 is 5.11 Å². The minimum absolute atomic E-state index is 0.0306. The molecule has 2 rings (SSSR count). The summed E-state index contributed by atoms with van der Waals surface area (Å²) < 4.78 is 0. The Balaban J connectivity index is 2.55. The van der Waals surface area contributed by atoms with Crippen LogP contribution in [0.3, 0.4) is 0 Å². The summed E-state index contributed by atoms with van der Waals surface area (Å²) in [7, 11) is 0. The highest BCUT2D eigenvalue weighted by atomic mass is 16.3. The third-order valence-corrected chi connectivity index (χ3v) is 2.79. The molecule has 0 fully saturated rings. The van der Waals surface area contributed by atoms with Crippen molar-refractivity contribution in [2.45, 2.75) is 20.5 Å². The van der Waals surface area contributed by atoms with Gasteiger partial charge in [-0.2, -0.15) is 0 Å². The zero-order valence-corrected chi connectivity index (χ0v) is 9.57. The SMILES string of the molecule is Cc1ccc(-c2ccnc(C)c2CO)cc1. The van der Waals surface area contributed by atoms with E-state index >= 15 is 0 Å². The highest BCUT2D eigenvalue weighted by molar-refractivity contribution is 5.67. The number of nitrogens with zero attached hydrogens (tertiary/aromatic N) is 1. The Morgan fingerprint density at radius 2 is 1.75 bits per heavy atom. The third kappa shape index (κ3) is 1.97. The number of pyridine rings is 1. The molecular weight excluding hydrogens is 198 g/mol. The third-order valence-electron chi connectivity index (χ3n) is 2.79. The predicted molar refractivity (Wildman–Crippen MR) is 65.1 cm³/mol. The lowest BCUT2D eigenvalue weighted by Gasteiger charge is -2.09. The molecule has 0 bridgehead atoms. The summed E-state index contributed by atoms with van der Waals surface area (Å²) in [6.45, 7) is 4.01. The molecule has 1 aromatic carbocycles. The Morgan fingerprint density at radius 3 is 2.38 bits per heavy atom. The molecule has 2 nitrogen and oxygen atoms in total. The minimum atomic E-state index is 0.0306. The molecular formula is C14H15NO. The first-order valence-electron chi connectivity index (χ1n) is 5.34. The summed E-state index contributed by atoms with van der Waals surface area (Å²) in [5.41, 5.74) is 5.22. The van der Waals surface area contributed by atoms with E-state index in [0.717, 1.165) is 22.4 Å². The Morgan fingerprint density at radius 1 is 1.06 bits per heavy atom. The van der Waals surface area contributed by atoms with E-state index in [-0.39, 0.29) is 6.61 Å². The minimum Gasteiger partial charge on any atom is -0.392 e. The lowest BCUT2D eigenvalue weighted by molar-refractivity contribution is 0.281. The summed E-state index contributed by atoms with van der Waals surface area (Å²) in [6, 6.07) is 10.2. The first-order valence-corrected chi connectivity index (χ1v) is 5.34. The summed E-state index contributed by atoms with van der Waals surface area (Å²) in [6.07, 6.45) is 1.78. The van der Waals surface area contributed by atoms with Crippen LogP contribution in [0.5, 0.6) is 0 Å². The lowest BCUT2D eigenvalue weighted by atomic mass is 9.99. The topological polar surface area (TPSA) is 33.1 Å². The lowest BCUT2D eigenvalue weighted by Crippen LogP contribution is -1.96. The molecule has 0 radical (unpaired) electrons. The zero-order valence-electron chi connectivity index (χ0n) is 9.57. The molecule has 82 valence electrons. The molecule has 1 aromatic heterocycles. The van der Waals surface area contributed by atoms with Crippen molar-refractivity contribution in [1.82, 2.24) is 4.98 Å². The van der Waals surface area contributed by atoms with Gasteiger partial charge in [0, 0.05) is 17.5 Å². The fourth-order valence-electron chi connectivity index (χ4n) is 1.80. The average Bonchev–Trinajstić information content (AvgIpc) is 2.30. The van der Waals surface area contributed by atoms with Gasteiger partial charge >= 0.3 is 0 Å². The van der Waals surface area contributed by atoms with Crippen LogP contribution in [0.2, 0.25) is 0 Å². The standard InChI is InChI=1S/C14H15NO/c1-10-3-5-12(6-4-10)13-7-8-15-11(2)14(13)9-16/h3-8,16H,9H2,1-2H3. The molecule has 0 saturated carbocycles. The van der Waals surface area contributed by atoms with Crippen molar-refractivity contribution in [3.05, 3.63) is 53.3 Å². The largest absolute Gasteiger partial charge is 0.392 e. The van der Waals surface area contributed by atoms with E-state index in [9.17, 15) is 5.11 Å². The first-order chi connectivity index (χ1) is 7.72. The van der Waals surface area contributed by atoms with E-state index in [1.807, 2.05) is 13.0 Å². The van der Waals surface area contributed by atoms with E-state index in [0.29, 0.717) is 0 Å². The second-order valence-corrected chi connectivity index (χ2v) is 3.95. The number of aromatic nitrogens is 1. The number of rotatable bonds is 2. The number of benzene rings is 1. The van der Waals surface area contributed by atoms with Crippen LogP contribution in [-0.2, 0) is 6.61 Å². The molecule has 1 N–H and O–H groups in total. The van der Waals surface area contributed by atoms with Crippen molar-refractivity contribution in [2.75, 3.05) is 0 Å². The molecule has 1 heterocycles. The van der Waals surface area contributed by atoms with Crippen LogP contribution in [0.25, 0.3) is 11.1 Å². The molecule has 2 heteroatoms. The monoisotopic (exact) mass is 213 g/mol. The number of aliphatic hydroxyl groups excluding tert-OH is 1. The van der Waals surface area contributed by atoms with Crippen molar-refractivity contribution in [3.63, 3.8) is 0 Å². The van der Waals surface area contributed by atoms with Crippen molar-refractivity contribution in [2.24, 2.45) is 0 Å². The van der Waals surface area contributed by atoms with E-state index in [4.69, 9.17) is 0 Å². The van der Waals surface area contributed by atoms with E-state index in [1.54, 1.807) is 6.20 Å². The van der Waals surface area contributed by atoms with E-state index in [2.05, 4.69) is 36.2 Å². The van der Waals surface area contributed by atoms with Gasteiger partial charge in [0.2, 0.25) is 0 Å². The maximum atomic E-state index is 9.38. The Labute approximate surface area is 95.6 Å². The quantitative estimate of drug-likeness (QED) is 0.832. The van der Waals surface area contributed by atoms with Crippen LogP contribution >= 0.6 is 0 Å². The van der Waals surface area contributed by atoms with Gasteiger partial charge in [-0.25, -0.2) is 0 Å². The summed E-state index contributed by atoms with van der Waals surface area (Å²) >= 11 is 0. The van der Waals surface area contributed by atoms with Gasteiger partial charge in [-0.3, -0.25) is 4.98 Å². The number of aryl methyl sites for hydroxylation is 2. The van der Waals surface area contributed by atoms with E-state index in [1.165, 1.54) is 5.56 Å². The second-order valence-electron chi connectivity index (χ2n) is 3.95. The molecule has 0 unspecified atom stereocenters. The van der Waals surface area contributed by atoms with Gasteiger partial charge in [0.25, 0.3) is 0 Å². The van der Waals surface area contributed by atoms with Crippen LogP contribution in [-0.4, -0.2) is 10.1 Å². The Bertz CT molecular complexity index is 489. The highest BCUT2D eigenvalue weighted by Crippen LogP contribution is 2.25. The van der Waals surface area contributed by atoms with Gasteiger partial charge in [-0.1, -0.05) is 29.8 Å². The molecule has 0 aliphatic rings. The molecule has 16 heavy (non-hydrogen) atoms. The van der Waals surface area contributed by atoms with Crippen LogP contribution in [0.4, 0.5) is 0 Å². The molecule has 0 aliphatic heterocycles. The molecule has 0 amide bonds. The Hall–Kier alpha value is -1.67. The van der Waals surface area contributed by atoms with Gasteiger partial charge < -0.3 is 5.11 Å². The number of aliphatic hydroxyl groups is 1. The van der Waals surface area contributed by atoms with E-state index < -0.39 is 0 Å². The first kappa shape index (κ1) is 10.8. The molecule has 0 atom stereocenters.